The fourth-order valence-electron chi connectivity index (χ4n) is 3.21. The second kappa shape index (κ2) is 6.60. The smallest absolute Gasteiger partial charge is 0.137 e. The largest absolute Gasteiger partial charge is 0.370 e. The minimum atomic E-state index is 0.880. The summed E-state index contributed by atoms with van der Waals surface area (Å²) >= 11 is 0. The van der Waals surface area contributed by atoms with Gasteiger partial charge in [0, 0.05) is 44.3 Å². The van der Waals surface area contributed by atoms with E-state index in [1.165, 1.54) is 31.5 Å². The van der Waals surface area contributed by atoms with E-state index in [4.69, 9.17) is 0 Å². The fourth-order valence-corrected chi connectivity index (χ4v) is 3.21. The summed E-state index contributed by atoms with van der Waals surface area (Å²) in [7, 11) is 0. The maximum Gasteiger partial charge on any atom is 0.137 e. The molecule has 116 valence electrons. The first-order valence-electron chi connectivity index (χ1n) is 8.40. The third-order valence-corrected chi connectivity index (χ3v) is 4.44. The van der Waals surface area contributed by atoms with Gasteiger partial charge in [-0.2, -0.15) is 0 Å². The molecule has 3 rings (SSSR count). The Bertz CT molecular complexity index is 464. The number of hydrogen-bond acceptors (Lipinski definition) is 5. The molecular weight excluding hydrogens is 262 g/mol. The lowest BCUT2D eigenvalue weighted by Gasteiger charge is -2.36. The molecule has 5 nitrogen and oxygen atoms in total. The van der Waals surface area contributed by atoms with Gasteiger partial charge in [-0.15, -0.1) is 0 Å². The van der Waals surface area contributed by atoms with Crippen LogP contribution < -0.4 is 10.2 Å². The van der Waals surface area contributed by atoms with Gasteiger partial charge in [0.1, 0.15) is 18.0 Å². The number of piperazine rings is 1. The number of nitrogens with one attached hydrogen (secondary N) is 1. The predicted molar refractivity (Wildman–Crippen MR) is 87.0 cm³/mol. The molecule has 1 saturated carbocycles. The van der Waals surface area contributed by atoms with Crippen LogP contribution in [0.25, 0.3) is 0 Å². The van der Waals surface area contributed by atoms with Crippen molar-refractivity contribution in [3.05, 3.63) is 11.9 Å². The van der Waals surface area contributed by atoms with Crippen molar-refractivity contribution in [1.29, 1.82) is 0 Å². The molecule has 0 atom stereocenters. The first-order chi connectivity index (χ1) is 10.3. The number of anilines is 2. The van der Waals surface area contributed by atoms with E-state index in [2.05, 4.69) is 38.9 Å². The molecule has 0 radical (unpaired) electrons. The van der Waals surface area contributed by atoms with Gasteiger partial charge in [0.2, 0.25) is 0 Å². The topological polar surface area (TPSA) is 44.3 Å². The van der Waals surface area contributed by atoms with Crippen LogP contribution in [0.15, 0.2) is 6.33 Å². The quantitative estimate of drug-likeness (QED) is 0.869. The zero-order valence-electron chi connectivity index (χ0n) is 13.3. The van der Waals surface area contributed by atoms with Crippen molar-refractivity contribution < 1.29 is 0 Å². The highest BCUT2D eigenvalue weighted by molar-refractivity contribution is 5.59. The summed E-state index contributed by atoms with van der Waals surface area (Å²) in [6.07, 6.45) is 6.68. The zero-order valence-corrected chi connectivity index (χ0v) is 13.3. The van der Waals surface area contributed by atoms with Crippen LogP contribution in [-0.4, -0.2) is 53.6 Å². The number of rotatable bonds is 6. The average Bonchev–Trinajstić information content (AvgIpc) is 3.34. The molecule has 1 aromatic heterocycles. The van der Waals surface area contributed by atoms with E-state index in [1.54, 1.807) is 6.33 Å². The fraction of sp³-hybridized carbons (Fsp3) is 0.750. The monoisotopic (exact) mass is 289 g/mol. The van der Waals surface area contributed by atoms with Crippen LogP contribution in [-0.2, 0) is 6.42 Å². The SMILES string of the molecule is CCCc1c(NCC)ncnc1N1CCN(C2CC2)CC1. The molecular formula is C16H27N5. The van der Waals surface area contributed by atoms with Crippen molar-refractivity contribution in [2.24, 2.45) is 0 Å². The highest BCUT2D eigenvalue weighted by Crippen LogP contribution is 2.30. The Balaban J connectivity index is 1.75. The predicted octanol–water partition coefficient (Wildman–Crippen LogP) is 2.15. The number of nitrogens with zero attached hydrogens (tertiary/aromatic N) is 4. The van der Waals surface area contributed by atoms with Crippen LogP contribution >= 0.6 is 0 Å². The molecule has 0 aromatic carbocycles. The summed E-state index contributed by atoms with van der Waals surface area (Å²) < 4.78 is 0. The minimum absolute atomic E-state index is 0.880. The van der Waals surface area contributed by atoms with Gasteiger partial charge in [-0.3, -0.25) is 4.90 Å². The second-order valence-electron chi connectivity index (χ2n) is 6.06. The Hall–Kier alpha value is -1.36. The van der Waals surface area contributed by atoms with Gasteiger partial charge in [0.05, 0.1) is 0 Å². The summed E-state index contributed by atoms with van der Waals surface area (Å²) in [6.45, 7) is 9.78. The molecule has 1 N–H and O–H groups in total. The molecule has 0 bridgehead atoms. The van der Waals surface area contributed by atoms with Gasteiger partial charge < -0.3 is 10.2 Å². The molecule has 0 amide bonds. The van der Waals surface area contributed by atoms with E-state index >= 15 is 0 Å². The van der Waals surface area contributed by atoms with E-state index in [0.29, 0.717) is 0 Å². The minimum Gasteiger partial charge on any atom is -0.370 e. The first kappa shape index (κ1) is 14.6. The standard InChI is InChI=1S/C16H27N5/c1-3-5-14-15(17-4-2)18-12-19-16(14)21-10-8-20(9-11-21)13-6-7-13/h12-13H,3-11H2,1-2H3,(H,17,18,19). The van der Waals surface area contributed by atoms with Crippen LogP contribution in [0.5, 0.6) is 0 Å². The summed E-state index contributed by atoms with van der Waals surface area (Å²) in [5.74, 6) is 2.17. The molecule has 2 heterocycles. The molecule has 21 heavy (non-hydrogen) atoms. The average molecular weight is 289 g/mol. The third kappa shape index (κ3) is 3.28. The molecule has 1 aliphatic carbocycles. The van der Waals surface area contributed by atoms with Gasteiger partial charge in [-0.1, -0.05) is 13.3 Å². The lowest BCUT2D eigenvalue weighted by atomic mass is 10.1. The van der Waals surface area contributed by atoms with Gasteiger partial charge in [0.15, 0.2) is 0 Å². The molecule has 2 aliphatic rings. The Morgan fingerprint density at radius 2 is 1.90 bits per heavy atom. The number of hydrogen-bond donors (Lipinski definition) is 1. The molecule has 0 spiro atoms. The van der Waals surface area contributed by atoms with Crippen molar-refractivity contribution in [3.63, 3.8) is 0 Å². The van der Waals surface area contributed by atoms with E-state index in [0.717, 1.165) is 50.2 Å². The van der Waals surface area contributed by atoms with Crippen molar-refractivity contribution in [3.8, 4) is 0 Å². The summed E-state index contributed by atoms with van der Waals surface area (Å²) in [6, 6.07) is 0.880. The lowest BCUT2D eigenvalue weighted by molar-refractivity contribution is 0.247. The van der Waals surface area contributed by atoms with Crippen LogP contribution in [0, 0.1) is 0 Å². The van der Waals surface area contributed by atoms with Gasteiger partial charge in [-0.05, 0) is 26.2 Å². The van der Waals surface area contributed by atoms with Gasteiger partial charge >= 0.3 is 0 Å². The molecule has 5 heteroatoms. The van der Waals surface area contributed by atoms with Crippen molar-refractivity contribution in [1.82, 2.24) is 14.9 Å². The summed E-state index contributed by atoms with van der Waals surface area (Å²) in [5.41, 5.74) is 1.29. The van der Waals surface area contributed by atoms with Crippen molar-refractivity contribution >= 4 is 11.6 Å². The molecule has 1 saturated heterocycles. The van der Waals surface area contributed by atoms with Crippen LogP contribution in [0.1, 0.15) is 38.7 Å². The normalized spacial score (nSPS) is 19.8. The van der Waals surface area contributed by atoms with Gasteiger partial charge in [-0.25, -0.2) is 9.97 Å². The Kier molecular flexibility index (Phi) is 4.58. The summed E-state index contributed by atoms with van der Waals surface area (Å²) in [5, 5.41) is 3.39. The van der Waals surface area contributed by atoms with E-state index < -0.39 is 0 Å². The van der Waals surface area contributed by atoms with E-state index in [-0.39, 0.29) is 0 Å². The van der Waals surface area contributed by atoms with Crippen LogP contribution in [0.4, 0.5) is 11.6 Å². The molecule has 0 unspecified atom stereocenters. The molecule has 1 aliphatic heterocycles. The Morgan fingerprint density at radius 3 is 2.52 bits per heavy atom. The lowest BCUT2D eigenvalue weighted by Crippen LogP contribution is -2.47. The Morgan fingerprint density at radius 1 is 1.14 bits per heavy atom. The van der Waals surface area contributed by atoms with Crippen molar-refractivity contribution in [2.75, 3.05) is 42.9 Å². The highest BCUT2D eigenvalue weighted by atomic mass is 15.3. The van der Waals surface area contributed by atoms with Crippen LogP contribution in [0.3, 0.4) is 0 Å². The maximum atomic E-state index is 4.61. The summed E-state index contributed by atoms with van der Waals surface area (Å²) in [4.78, 5) is 14.1. The first-order valence-corrected chi connectivity index (χ1v) is 8.40. The van der Waals surface area contributed by atoms with E-state index in [9.17, 15) is 0 Å². The molecule has 2 fully saturated rings. The van der Waals surface area contributed by atoms with Crippen LogP contribution in [0.2, 0.25) is 0 Å². The Labute approximate surface area is 127 Å². The van der Waals surface area contributed by atoms with Crippen molar-refractivity contribution in [2.45, 2.75) is 45.6 Å². The number of aromatic nitrogens is 2. The van der Waals surface area contributed by atoms with E-state index in [1.807, 2.05) is 0 Å². The highest BCUT2D eigenvalue weighted by Gasteiger charge is 2.32. The third-order valence-electron chi connectivity index (χ3n) is 4.44. The zero-order chi connectivity index (χ0) is 14.7. The van der Waals surface area contributed by atoms with Gasteiger partial charge in [0.25, 0.3) is 0 Å². The molecule has 1 aromatic rings. The second-order valence-corrected chi connectivity index (χ2v) is 6.06. The maximum absolute atomic E-state index is 4.61.